The first-order valence-corrected chi connectivity index (χ1v) is 4.82. The summed E-state index contributed by atoms with van der Waals surface area (Å²) in [6.45, 7) is 4.75. The summed E-state index contributed by atoms with van der Waals surface area (Å²) < 4.78 is 5.25. The molecule has 0 bridgehead atoms. The molecule has 0 fully saturated rings. The standard InChI is InChI=1S/C12H13NO2/c1-3-12(14)13-7-9-5-4-6-11(15-2)10(9)8-13/h3-6H,1,7-8H2,2H3. The van der Waals surface area contributed by atoms with Gasteiger partial charge in [-0.15, -0.1) is 0 Å². The van der Waals surface area contributed by atoms with E-state index in [0.29, 0.717) is 13.1 Å². The summed E-state index contributed by atoms with van der Waals surface area (Å²) in [6, 6.07) is 5.88. The second-order valence-electron chi connectivity index (χ2n) is 3.50. The lowest BCUT2D eigenvalue weighted by Crippen LogP contribution is -2.22. The van der Waals surface area contributed by atoms with Crippen LogP contribution in [0.5, 0.6) is 5.75 Å². The predicted molar refractivity (Wildman–Crippen MR) is 57.4 cm³/mol. The molecular formula is C12H13NO2. The predicted octanol–water partition coefficient (Wildman–Crippen LogP) is 1.72. The fraction of sp³-hybridized carbons (Fsp3) is 0.250. The van der Waals surface area contributed by atoms with Crippen molar-refractivity contribution in [3.63, 3.8) is 0 Å². The van der Waals surface area contributed by atoms with Gasteiger partial charge < -0.3 is 9.64 Å². The maximum absolute atomic E-state index is 11.4. The van der Waals surface area contributed by atoms with E-state index in [2.05, 4.69) is 6.58 Å². The maximum Gasteiger partial charge on any atom is 0.246 e. The first-order chi connectivity index (χ1) is 7.26. The minimum atomic E-state index is -0.0340. The van der Waals surface area contributed by atoms with Crippen LogP contribution in [0.4, 0.5) is 0 Å². The van der Waals surface area contributed by atoms with Gasteiger partial charge in [-0.1, -0.05) is 18.7 Å². The number of fused-ring (bicyclic) bond motifs is 1. The summed E-state index contributed by atoms with van der Waals surface area (Å²) in [5, 5.41) is 0. The van der Waals surface area contributed by atoms with Gasteiger partial charge >= 0.3 is 0 Å². The van der Waals surface area contributed by atoms with Crippen LogP contribution in [0.2, 0.25) is 0 Å². The number of ether oxygens (including phenoxy) is 1. The van der Waals surface area contributed by atoms with Gasteiger partial charge in [0.1, 0.15) is 5.75 Å². The van der Waals surface area contributed by atoms with E-state index >= 15 is 0 Å². The highest BCUT2D eigenvalue weighted by Crippen LogP contribution is 2.30. The lowest BCUT2D eigenvalue weighted by Gasteiger charge is -2.12. The van der Waals surface area contributed by atoms with Gasteiger partial charge in [-0.25, -0.2) is 0 Å². The molecule has 1 aliphatic rings. The number of benzene rings is 1. The molecule has 0 atom stereocenters. The third-order valence-corrected chi connectivity index (χ3v) is 2.65. The molecule has 0 saturated carbocycles. The molecule has 1 heterocycles. The molecule has 3 nitrogen and oxygen atoms in total. The molecule has 1 amide bonds. The normalized spacial score (nSPS) is 13.5. The molecule has 3 heteroatoms. The number of amides is 1. The van der Waals surface area contributed by atoms with Crippen molar-refractivity contribution in [2.24, 2.45) is 0 Å². The largest absolute Gasteiger partial charge is 0.496 e. The Labute approximate surface area is 89.0 Å². The summed E-state index contributed by atoms with van der Waals surface area (Å²) >= 11 is 0. The maximum atomic E-state index is 11.4. The summed E-state index contributed by atoms with van der Waals surface area (Å²) in [7, 11) is 1.65. The van der Waals surface area contributed by atoms with Crippen molar-refractivity contribution in [2.75, 3.05) is 7.11 Å². The van der Waals surface area contributed by atoms with Crippen molar-refractivity contribution >= 4 is 5.91 Å². The van der Waals surface area contributed by atoms with Gasteiger partial charge in [0.2, 0.25) is 5.91 Å². The van der Waals surface area contributed by atoms with E-state index in [9.17, 15) is 4.79 Å². The topological polar surface area (TPSA) is 29.5 Å². The number of nitrogens with zero attached hydrogens (tertiary/aromatic N) is 1. The van der Waals surface area contributed by atoms with Crippen molar-refractivity contribution in [3.05, 3.63) is 42.0 Å². The SMILES string of the molecule is C=CC(=O)N1Cc2cccc(OC)c2C1. The Morgan fingerprint density at radius 2 is 2.33 bits per heavy atom. The van der Waals surface area contributed by atoms with Gasteiger partial charge in [0.15, 0.2) is 0 Å². The molecular weight excluding hydrogens is 190 g/mol. The Kier molecular flexibility index (Phi) is 2.46. The van der Waals surface area contributed by atoms with E-state index < -0.39 is 0 Å². The smallest absolute Gasteiger partial charge is 0.246 e. The van der Waals surface area contributed by atoms with Crippen LogP contribution in [0.3, 0.4) is 0 Å². The van der Waals surface area contributed by atoms with Crippen LogP contribution in [0.15, 0.2) is 30.9 Å². The molecule has 0 unspecified atom stereocenters. The Balaban J connectivity index is 2.30. The number of carbonyl (C=O) groups excluding carboxylic acids is 1. The molecule has 0 saturated heterocycles. The number of rotatable bonds is 2. The van der Waals surface area contributed by atoms with Crippen LogP contribution >= 0.6 is 0 Å². The molecule has 2 rings (SSSR count). The van der Waals surface area contributed by atoms with Crippen LogP contribution in [0.25, 0.3) is 0 Å². The number of carbonyl (C=O) groups is 1. The van der Waals surface area contributed by atoms with Crippen molar-refractivity contribution in [3.8, 4) is 5.75 Å². The van der Waals surface area contributed by atoms with Crippen LogP contribution in [0.1, 0.15) is 11.1 Å². The molecule has 0 spiro atoms. The minimum absolute atomic E-state index is 0.0340. The van der Waals surface area contributed by atoms with E-state index in [1.807, 2.05) is 18.2 Å². The van der Waals surface area contributed by atoms with Gasteiger partial charge in [0.05, 0.1) is 13.7 Å². The fourth-order valence-electron chi connectivity index (χ4n) is 1.87. The molecule has 0 aliphatic carbocycles. The first-order valence-electron chi connectivity index (χ1n) is 4.82. The van der Waals surface area contributed by atoms with Crippen LogP contribution in [-0.2, 0) is 17.9 Å². The summed E-state index contributed by atoms with van der Waals surface area (Å²) in [6.07, 6.45) is 1.35. The Morgan fingerprint density at radius 3 is 3.00 bits per heavy atom. The average molecular weight is 203 g/mol. The third-order valence-electron chi connectivity index (χ3n) is 2.65. The zero-order valence-electron chi connectivity index (χ0n) is 8.69. The van der Waals surface area contributed by atoms with E-state index in [4.69, 9.17) is 4.74 Å². The Bertz CT molecular complexity index is 412. The molecule has 0 N–H and O–H groups in total. The van der Waals surface area contributed by atoms with Crippen molar-refractivity contribution in [2.45, 2.75) is 13.1 Å². The van der Waals surface area contributed by atoms with E-state index in [1.165, 1.54) is 6.08 Å². The first kappa shape index (κ1) is 9.77. The molecule has 1 aromatic rings. The van der Waals surface area contributed by atoms with Crippen LogP contribution in [-0.4, -0.2) is 17.9 Å². The van der Waals surface area contributed by atoms with Gasteiger partial charge in [0, 0.05) is 12.1 Å². The van der Waals surface area contributed by atoms with Crippen LogP contribution in [0, 0.1) is 0 Å². The highest BCUT2D eigenvalue weighted by molar-refractivity contribution is 5.87. The summed E-state index contributed by atoms with van der Waals surface area (Å²) in [5.41, 5.74) is 2.26. The van der Waals surface area contributed by atoms with E-state index in [0.717, 1.165) is 16.9 Å². The zero-order chi connectivity index (χ0) is 10.8. The van der Waals surface area contributed by atoms with Crippen molar-refractivity contribution < 1.29 is 9.53 Å². The molecule has 0 radical (unpaired) electrons. The lowest BCUT2D eigenvalue weighted by molar-refractivity contribution is -0.126. The minimum Gasteiger partial charge on any atom is -0.496 e. The van der Waals surface area contributed by atoms with Crippen molar-refractivity contribution in [1.29, 1.82) is 0 Å². The van der Waals surface area contributed by atoms with Gasteiger partial charge in [-0.05, 0) is 17.7 Å². The van der Waals surface area contributed by atoms with Gasteiger partial charge in [0.25, 0.3) is 0 Å². The molecule has 1 aromatic carbocycles. The Hall–Kier alpha value is -1.77. The molecule has 15 heavy (non-hydrogen) atoms. The molecule has 0 aromatic heterocycles. The highest BCUT2D eigenvalue weighted by atomic mass is 16.5. The molecule has 78 valence electrons. The number of methoxy groups -OCH3 is 1. The van der Waals surface area contributed by atoms with E-state index in [-0.39, 0.29) is 5.91 Å². The fourth-order valence-corrected chi connectivity index (χ4v) is 1.87. The lowest BCUT2D eigenvalue weighted by atomic mass is 10.1. The second-order valence-corrected chi connectivity index (χ2v) is 3.50. The Morgan fingerprint density at radius 1 is 1.53 bits per heavy atom. The van der Waals surface area contributed by atoms with Crippen molar-refractivity contribution in [1.82, 2.24) is 4.90 Å². The third kappa shape index (κ3) is 1.61. The van der Waals surface area contributed by atoms with Gasteiger partial charge in [-0.3, -0.25) is 4.79 Å². The monoisotopic (exact) mass is 203 g/mol. The van der Waals surface area contributed by atoms with Gasteiger partial charge in [-0.2, -0.15) is 0 Å². The van der Waals surface area contributed by atoms with Crippen LogP contribution < -0.4 is 4.74 Å². The van der Waals surface area contributed by atoms with E-state index in [1.54, 1.807) is 12.0 Å². The number of hydrogen-bond donors (Lipinski definition) is 0. The highest BCUT2D eigenvalue weighted by Gasteiger charge is 2.23. The summed E-state index contributed by atoms with van der Waals surface area (Å²) in [4.78, 5) is 13.2. The second kappa shape index (κ2) is 3.77. The summed E-state index contributed by atoms with van der Waals surface area (Å²) in [5.74, 6) is 0.820. The number of hydrogen-bond acceptors (Lipinski definition) is 2. The zero-order valence-corrected chi connectivity index (χ0v) is 8.69. The molecule has 1 aliphatic heterocycles. The average Bonchev–Trinajstić information content (AvgIpc) is 2.71. The quantitative estimate of drug-likeness (QED) is 0.685.